The van der Waals surface area contributed by atoms with E-state index in [2.05, 4.69) is 15.9 Å². The van der Waals surface area contributed by atoms with Gasteiger partial charge in [-0.25, -0.2) is 0 Å². The van der Waals surface area contributed by atoms with Crippen molar-refractivity contribution in [2.24, 2.45) is 0 Å². The van der Waals surface area contributed by atoms with Crippen LogP contribution in [0.4, 0.5) is 0 Å². The summed E-state index contributed by atoms with van der Waals surface area (Å²) in [6, 6.07) is 3.71. The molecule has 0 bridgehead atoms. The highest BCUT2D eigenvalue weighted by Gasteiger charge is 2.08. The fraction of sp³-hybridized carbons (Fsp3) is 0.333. The zero-order chi connectivity index (χ0) is 10.6. The Morgan fingerprint density at radius 3 is 3.07 bits per heavy atom. The fourth-order valence-electron chi connectivity index (χ4n) is 0.926. The van der Waals surface area contributed by atoms with E-state index >= 15 is 0 Å². The van der Waals surface area contributed by atoms with Crippen LogP contribution < -0.4 is 0 Å². The van der Waals surface area contributed by atoms with Gasteiger partial charge in [0.2, 0.25) is 0 Å². The van der Waals surface area contributed by atoms with E-state index in [4.69, 9.17) is 10.00 Å². The van der Waals surface area contributed by atoms with Gasteiger partial charge in [0.1, 0.15) is 17.6 Å². The van der Waals surface area contributed by atoms with Crippen molar-refractivity contribution in [3.63, 3.8) is 0 Å². The minimum Gasteiger partial charge on any atom is -0.463 e. The lowest BCUT2D eigenvalue weighted by Crippen LogP contribution is -2.10. The van der Waals surface area contributed by atoms with E-state index in [1.165, 1.54) is 6.92 Å². The molecule has 0 radical (unpaired) electrons. The molecular formula is C9H9BrN2O2. The molecule has 0 saturated carbocycles. The Labute approximate surface area is 90.2 Å². The van der Waals surface area contributed by atoms with E-state index < -0.39 is 0 Å². The van der Waals surface area contributed by atoms with Crippen molar-refractivity contribution < 1.29 is 9.53 Å². The molecule has 1 rings (SSSR count). The van der Waals surface area contributed by atoms with Crippen molar-refractivity contribution in [3.8, 4) is 6.07 Å². The number of rotatable bonds is 3. The lowest BCUT2D eigenvalue weighted by atomic mass is 10.4. The molecule has 14 heavy (non-hydrogen) atoms. The molecule has 0 amide bonds. The third kappa shape index (κ3) is 2.89. The molecule has 74 valence electrons. The molecule has 0 aromatic carbocycles. The summed E-state index contributed by atoms with van der Waals surface area (Å²) < 4.78 is 6.58. The predicted molar refractivity (Wildman–Crippen MR) is 53.7 cm³/mol. The average Bonchev–Trinajstić information content (AvgIpc) is 2.62. The summed E-state index contributed by atoms with van der Waals surface area (Å²) in [6.45, 7) is 1.60. The second-order valence-electron chi connectivity index (χ2n) is 2.70. The second-order valence-corrected chi connectivity index (χ2v) is 3.75. The molecule has 0 fully saturated rings. The van der Waals surface area contributed by atoms with E-state index in [1.807, 2.05) is 6.07 Å². The van der Waals surface area contributed by atoms with Gasteiger partial charge in [0.05, 0.1) is 5.56 Å². The largest absolute Gasteiger partial charge is 0.463 e. The van der Waals surface area contributed by atoms with Gasteiger partial charge >= 0.3 is 5.97 Å². The van der Waals surface area contributed by atoms with Crippen molar-refractivity contribution in [1.29, 1.82) is 5.26 Å². The van der Waals surface area contributed by atoms with E-state index in [0.29, 0.717) is 5.56 Å². The Morgan fingerprint density at radius 2 is 2.57 bits per heavy atom. The normalized spacial score (nSPS) is 11.8. The molecule has 1 heterocycles. The van der Waals surface area contributed by atoms with E-state index in [9.17, 15) is 4.79 Å². The van der Waals surface area contributed by atoms with Crippen LogP contribution in [0.2, 0.25) is 0 Å². The van der Waals surface area contributed by atoms with Gasteiger partial charge in [-0.2, -0.15) is 5.26 Å². The molecule has 1 aromatic rings. The zero-order valence-corrected chi connectivity index (χ0v) is 9.19. The van der Waals surface area contributed by atoms with E-state index in [-0.39, 0.29) is 17.5 Å². The van der Waals surface area contributed by atoms with Crippen LogP contribution in [0.3, 0.4) is 0 Å². The van der Waals surface area contributed by atoms with Gasteiger partial charge in [0, 0.05) is 19.3 Å². The molecule has 0 spiro atoms. The van der Waals surface area contributed by atoms with Gasteiger partial charge in [0.25, 0.3) is 0 Å². The van der Waals surface area contributed by atoms with Crippen LogP contribution in [0, 0.1) is 11.3 Å². The van der Waals surface area contributed by atoms with Crippen molar-refractivity contribution in [2.45, 2.75) is 11.9 Å². The Hall–Kier alpha value is -1.28. The minimum atomic E-state index is -0.317. The van der Waals surface area contributed by atoms with Crippen LogP contribution in [0.25, 0.3) is 0 Å². The van der Waals surface area contributed by atoms with E-state index in [0.717, 1.165) is 0 Å². The smallest absolute Gasteiger partial charge is 0.302 e. The first-order chi connectivity index (χ1) is 6.63. The summed E-state index contributed by atoms with van der Waals surface area (Å²) in [5, 5.41) is 8.59. The lowest BCUT2D eigenvalue weighted by Gasteiger charge is -2.10. The third-order valence-electron chi connectivity index (χ3n) is 1.59. The van der Waals surface area contributed by atoms with Crippen LogP contribution in [-0.2, 0) is 9.53 Å². The van der Waals surface area contributed by atoms with Gasteiger partial charge in [0.15, 0.2) is 0 Å². The minimum absolute atomic E-state index is 0.131. The number of esters is 1. The van der Waals surface area contributed by atoms with E-state index in [1.54, 1.807) is 23.0 Å². The monoisotopic (exact) mass is 256 g/mol. The first-order valence-electron chi connectivity index (χ1n) is 3.98. The number of alkyl halides is 1. The molecule has 1 unspecified atom stereocenters. The SMILES string of the molecule is CC(=O)OCC(Br)n1ccc(C#N)c1. The number of hydrogen-bond acceptors (Lipinski definition) is 3. The highest BCUT2D eigenvalue weighted by Crippen LogP contribution is 2.16. The summed E-state index contributed by atoms with van der Waals surface area (Å²) in [5.74, 6) is -0.317. The number of halogens is 1. The Balaban J connectivity index is 2.56. The number of nitrogens with zero attached hydrogens (tertiary/aromatic N) is 2. The Morgan fingerprint density at radius 1 is 1.86 bits per heavy atom. The first kappa shape index (κ1) is 10.8. The number of ether oxygens (including phenoxy) is 1. The van der Waals surface area contributed by atoms with Crippen molar-refractivity contribution in [3.05, 3.63) is 24.0 Å². The van der Waals surface area contributed by atoms with Gasteiger partial charge < -0.3 is 9.30 Å². The van der Waals surface area contributed by atoms with Crippen molar-refractivity contribution in [2.75, 3.05) is 6.61 Å². The molecule has 5 heteroatoms. The lowest BCUT2D eigenvalue weighted by molar-refractivity contribution is -0.141. The number of hydrogen-bond donors (Lipinski definition) is 0. The summed E-state index contributed by atoms with van der Waals surface area (Å²) in [5.41, 5.74) is 0.581. The molecule has 0 N–H and O–H groups in total. The standard InChI is InChI=1S/C9H9BrN2O2/c1-7(13)14-6-9(10)12-3-2-8(4-11)5-12/h2-3,5,9H,6H2,1H3. The van der Waals surface area contributed by atoms with Crippen LogP contribution in [0.1, 0.15) is 17.4 Å². The molecular weight excluding hydrogens is 248 g/mol. The highest BCUT2D eigenvalue weighted by molar-refractivity contribution is 9.09. The highest BCUT2D eigenvalue weighted by atomic mass is 79.9. The maximum atomic E-state index is 10.5. The predicted octanol–water partition coefficient (Wildman–Crippen LogP) is 1.82. The van der Waals surface area contributed by atoms with Crippen molar-refractivity contribution >= 4 is 21.9 Å². The zero-order valence-electron chi connectivity index (χ0n) is 7.61. The summed E-state index contributed by atoms with van der Waals surface area (Å²) in [7, 11) is 0. The summed E-state index contributed by atoms with van der Waals surface area (Å²) in [6.07, 6.45) is 3.43. The topological polar surface area (TPSA) is 55.0 Å². The van der Waals surface area contributed by atoms with Crippen LogP contribution in [-0.4, -0.2) is 17.1 Å². The maximum absolute atomic E-state index is 10.5. The van der Waals surface area contributed by atoms with Crippen LogP contribution >= 0.6 is 15.9 Å². The molecule has 0 saturated heterocycles. The number of carbonyl (C=O) groups excluding carboxylic acids is 1. The summed E-state index contributed by atoms with van der Waals surface area (Å²) in [4.78, 5) is 10.4. The average molecular weight is 257 g/mol. The third-order valence-corrected chi connectivity index (χ3v) is 2.33. The Kier molecular flexibility index (Phi) is 3.72. The molecule has 4 nitrogen and oxygen atoms in total. The first-order valence-corrected chi connectivity index (χ1v) is 4.90. The van der Waals surface area contributed by atoms with Gasteiger partial charge in [-0.05, 0) is 6.07 Å². The second kappa shape index (κ2) is 4.82. The Bertz CT molecular complexity index is 367. The van der Waals surface area contributed by atoms with Gasteiger partial charge in [-0.15, -0.1) is 0 Å². The fourth-order valence-corrected chi connectivity index (χ4v) is 1.31. The number of carbonyl (C=O) groups is 1. The molecule has 0 aliphatic heterocycles. The van der Waals surface area contributed by atoms with Gasteiger partial charge in [-0.1, -0.05) is 15.9 Å². The molecule has 0 aliphatic carbocycles. The quantitative estimate of drug-likeness (QED) is 0.613. The molecule has 0 aliphatic rings. The number of aromatic nitrogens is 1. The maximum Gasteiger partial charge on any atom is 0.302 e. The number of nitriles is 1. The molecule has 1 aromatic heterocycles. The molecule has 1 atom stereocenters. The van der Waals surface area contributed by atoms with Gasteiger partial charge in [-0.3, -0.25) is 4.79 Å². The van der Waals surface area contributed by atoms with Crippen LogP contribution in [0.15, 0.2) is 18.5 Å². The summed E-state index contributed by atoms with van der Waals surface area (Å²) >= 11 is 3.33. The van der Waals surface area contributed by atoms with Crippen molar-refractivity contribution in [1.82, 2.24) is 4.57 Å². The van der Waals surface area contributed by atoms with Crippen LogP contribution in [0.5, 0.6) is 0 Å².